The van der Waals surface area contributed by atoms with Crippen LogP contribution in [0.15, 0.2) is 24.3 Å². The third-order valence-corrected chi connectivity index (χ3v) is 6.70. The molecule has 2 rings (SSSR count). The van der Waals surface area contributed by atoms with Crippen LogP contribution in [0.2, 0.25) is 0 Å². The normalized spacial score (nSPS) is 23.0. The Labute approximate surface area is 131 Å². The van der Waals surface area contributed by atoms with Gasteiger partial charge in [0.1, 0.15) is 0 Å². The fraction of sp³-hybridized carbons (Fsp3) is 0.533. The van der Waals surface area contributed by atoms with Gasteiger partial charge < -0.3 is 0 Å². The number of rotatable bonds is 4. The van der Waals surface area contributed by atoms with Crippen molar-refractivity contribution in [3.63, 3.8) is 0 Å². The zero-order valence-electron chi connectivity index (χ0n) is 11.7. The number of hydrogen-bond donors (Lipinski definition) is 0. The van der Waals surface area contributed by atoms with Crippen LogP contribution in [0.5, 0.6) is 0 Å². The van der Waals surface area contributed by atoms with Gasteiger partial charge in [-0.25, -0.2) is 0 Å². The first kappa shape index (κ1) is 16.7. The molecule has 0 bridgehead atoms. The van der Waals surface area contributed by atoms with E-state index in [2.05, 4.69) is 0 Å². The van der Waals surface area contributed by atoms with Crippen molar-refractivity contribution in [2.24, 2.45) is 0 Å². The molecular weight excluding hydrogens is 317 g/mol. The van der Waals surface area contributed by atoms with Gasteiger partial charge in [0.05, 0.1) is 10.8 Å². The van der Waals surface area contributed by atoms with Gasteiger partial charge in [0.2, 0.25) is 0 Å². The Kier molecular flexibility index (Phi) is 5.66. The van der Waals surface area contributed by atoms with Gasteiger partial charge in [0, 0.05) is 23.2 Å². The maximum absolute atomic E-state index is 12.7. The van der Waals surface area contributed by atoms with Gasteiger partial charge in [0.15, 0.2) is 5.78 Å². The first-order chi connectivity index (χ1) is 9.91. The molecule has 1 saturated heterocycles. The van der Waals surface area contributed by atoms with Gasteiger partial charge in [-0.15, -0.1) is 11.8 Å². The molecule has 1 aliphatic heterocycles. The highest BCUT2D eigenvalue weighted by Gasteiger charge is 2.32. The number of hydrogen-bond acceptors (Lipinski definition) is 3. The zero-order chi connectivity index (χ0) is 15.5. The summed E-state index contributed by atoms with van der Waals surface area (Å²) in [4.78, 5) is 12.4. The van der Waals surface area contributed by atoms with Gasteiger partial charge >= 0.3 is 6.18 Å². The van der Waals surface area contributed by atoms with Crippen LogP contribution in [-0.2, 0) is 17.4 Å². The Balaban J connectivity index is 2.08. The Bertz CT molecular complexity index is 502. The number of carbonyl (C=O) groups is 1. The lowest BCUT2D eigenvalue weighted by Crippen LogP contribution is -2.33. The molecule has 0 spiro atoms. The second-order valence-electron chi connectivity index (χ2n) is 4.95. The van der Waals surface area contributed by atoms with E-state index in [9.17, 15) is 18.0 Å². The molecular formula is C15H17F3OS2. The minimum atomic E-state index is -4.36. The smallest absolute Gasteiger partial charge is 0.298 e. The van der Waals surface area contributed by atoms with Crippen LogP contribution in [0.4, 0.5) is 13.2 Å². The van der Waals surface area contributed by atoms with E-state index >= 15 is 0 Å². The molecule has 2 atom stereocenters. The Morgan fingerprint density at radius 2 is 2.00 bits per heavy atom. The van der Waals surface area contributed by atoms with Crippen LogP contribution in [0.1, 0.15) is 24.5 Å². The fourth-order valence-electron chi connectivity index (χ4n) is 2.36. The molecule has 21 heavy (non-hydrogen) atoms. The van der Waals surface area contributed by atoms with Crippen molar-refractivity contribution in [1.29, 1.82) is 0 Å². The van der Waals surface area contributed by atoms with Gasteiger partial charge in [-0.05, 0) is 18.1 Å². The molecule has 0 aromatic heterocycles. The van der Waals surface area contributed by atoms with Crippen molar-refractivity contribution in [3.05, 3.63) is 35.4 Å². The summed E-state index contributed by atoms with van der Waals surface area (Å²) in [6.07, 6.45) is -3.37. The predicted molar refractivity (Wildman–Crippen MR) is 82.9 cm³/mol. The van der Waals surface area contributed by atoms with E-state index in [1.807, 2.05) is 6.92 Å². The topological polar surface area (TPSA) is 17.1 Å². The molecule has 1 fully saturated rings. The molecule has 116 valence electrons. The van der Waals surface area contributed by atoms with Crippen LogP contribution in [0, 0.1) is 0 Å². The van der Waals surface area contributed by atoms with Gasteiger partial charge in [-0.2, -0.15) is 24.9 Å². The second kappa shape index (κ2) is 7.09. The molecule has 1 aromatic rings. The summed E-state index contributed by atoms with van der Waals surface area (Å²) in [5.41, 5.74) is -0.244. The van der Waals surface area contributed by atoms with Crippen molar-refractivity contribution in [2.75, 3.05) is 11.5 Å². The number of ketones is 1. The molecule has 1 aliphatic rings. The quantitative estimate of drug-likeness (QED) is 0.810. The number of benzene rings is 1. The summed E-state index contributed by atoms with van der Waals surface area (Å²) in [7, 11) is 0. The molecule has 6 heteroatoms. The molecule has 0 N–H and O–H groups in total. The monoisotopic (exact) mass is 334 g/mol. The highest BCUT2D eigenvalue weighted by atomic mass is 32.2. The largest absolute Gasteiger partial charge is 0.416 e. The van der Waals surface area contributed by atoms with Crippen molar-refractivity contribution in [1.82, 2.24) is 0 Å². The number of carbonyl (C=O) groups excluding carboxylic acids is 1. The van der Waals surface area contributed by atoms with Crippen LogP contribution < -0.4 is 0 Å². The Hall–Kier alpha value is -0.620. The lowest BCUT2D eigenvalue weighted by Gasteiger charge is -2.28. The Morgan fingerprint density at radius 3 is 2.67 bits per heavy atom. The number of alkyl halides is 3. The van der Waals surface area contributed by atoms with Crippen molar-refractivity contribution in [3.8, 4) is 0 Å². The van der Waals surface area contributed by atoms with Gasteiger partial charge in [0.25, 0.3) is 0 Å². The zero-order valence-corrected chi connectivity index (χ0v) is 13.3. The van der Waals surface area contributed by atoms with Crippen LogP contribution in [-0.4, -0.2) is 27.8 Å². The van der Waals surface area contributed by atoms with Crippen molar-refractivity contribution < 1.29 is 18.0 Å². The number of thioether (sulfide) groups is 2. The van der Waals surface area contributed by atoms with Crippen LogP contribution >= 0.6 is 23.5 Å². The molecule has 1 aromatic carbocycles. The molecule has 1 heterocycles. The maximum Gasteiger partial charge on any atom is 0.416 e. The Morgan fingerprint density at radius 1 is 1.29 bits per heavy atom. The van der Waals surface area contributed by atoms with Crippen LogP contribution in [0.3, 0.4) is 0 Å². The highest BCUT2D eigenvalue weighted by molar-refractivity contribution is 8.07. The van der Waals surface area contributed by atoms with Crippen molar-refractivity contribution in [2.45, 2.75) is 36.4 Å². The van der Waals surface area contributed by atoms with E-state index < -0.39 is 11.7 Å². The van der Waals surface area contributed by atoms with Gasteiger partial charge in [-0.1, -0.05) is 25.1 Å². The summed E-state index contributed by atoms with van der Waals surface area (Å²) in [5.74, 6) is 2.01. The standard InChI is InChI=1S/C15H17F3OS2/c1-2-13-14(21-7-6-20-13)12(19)9-10-4-3-5-11(8-10)15(16,17)18/h3-5,8,13-14H,2,6-7,9H2,1H3. The van der Waals surface area contributed by atoms with Gasteiger partial charge in [-0.3, -0.25) is 4.79 Å². The minimum Gasteiger partial charge on any atom is -0.298 e. The molecule has 1 nitrogen and oxygen atoms in total. The fourth-order valence-corrected chi connectivity index (χ4v) is 5.40. The number of halogens is 3. The van der Waals surface area contributed by atoms with E-state index in [0.717, 1.165) is 30.1 Å². The van der Waals surface area contributed by atoms with Crippen molar-refractivity contribution >= 4 is 29.3 Å². The average Bonchev–Trinajstić information content (AvgIpc) is 2.46. The van der Waals surface area contributed by atoms with E-state index in [1.165, 1.54) is 6.07 Å². The van der Waals surface area contributed by atoms with E-state index in [4.69, 9.17) is 0 Å². The van der Waals surface area contributed by atoms with E-state index in [-0.39, 0.29) is 22.7 Å². The third-order valence-electron chi connectivity index (χ3n) is 3.40. The average molecular weight is 334 g/mol. The summed E-state index contributed by atoms with van der Waals surface area (Å²) < 4.78 is 38.1. The summed E-state index contributed by atoms with van der Waals surface area (Å²) in [6.45, 7) is 2.05. The number of Topliss-reactive ketones (excluding diaryl/α,β-unsaturated/α-hetero) is 1. The molecule has 0 amide bonds. The van der Waals surface area contributed by atoms with Crippen LogP contribution in [0.25, 0.3) is 0 Å². The predicted octanol–water partition coefficient (Wildman–Crippen LogP) is 4.44. The SMILES string of the molecule is CCC1SCCSC1C(=O)Cc1cccc(C(F)(F)F)c1. The highest BCUT2D eigenvalue weighted by Crippen LogP contribution is 2.35. The minimum absolute atomic E-state index is 0.0402. The van der Waals surface area contributed by atoms with E-state index in [1.54, 1.807) is 29.6 Å². The molecule has 2 unspecified atom stereocenters. The molecule has 0 radical (unpaired) electrons. The van der Waals surface area contributed by atoms with E-state index in [0.29, 0.717) is 5.56 Å². The summed E-state index contributed by atoms with van der Waals surface area (Å²) in [5, 5.41) is 0.186. The molecule has 0 aliphatic carbocycles. The molecule has 0 saturated carbocycles. The first-order valence-corrected chi connectivity index (χ1v) is 8.93. The third kappa shape index (κ3) is 4.42. The first-order valence-electron chi connectivity index (χ1n) is 6.84. The summed E-state index contributed by atoms with van der Waals surface area (Å²) >= 11 is 3.44. The summed E-state index contributed by atoms with van der Waals surface area (Å²) in [6, 6.07) is 5.08. The lowest BCUT2D eigenvalue weighted by molar-refractivity contribution is -0.137. The lowest BCUT2D eigenvalue weighted by atomic mass is 10.0. The second-order valence-corrected chi connectivity index (χ2v) is 7.55. The maximum atomic E-state index is 12.7.